The van der Waals surface area contributed by atoms with E-state index in [1.807, 2.05) is 0 Å². The summed E-state index contributed by atoms with van der Waals surface area (Å²) < 4.78 is 16.0. The van der Waals surface area contributed by atoms with Crippen molar-refractivity contribution in [2.45, 2.75) is 17.7 Å². The molecule has 0 fully saturated rings. The molecule has 0 spiro atoms. The maximum atomic E-state index is 12.4. The van der Waals surface area contributed by atoms with Gasteiger partial charge in [0.2, 0.25) is 0 Å². The molecule has 7 nitrogen and oxygen atoms in total. The first-order valence-corrected chi connectivity index (χ1v) is 12.0. The van der Waals surface area contributed by atoms with Gasteiger partial charge in [-0.25, -0.2) is 4.68 Å². The number of nitrogens with zero attached hydrogens (tertiary/aromatic N) is 4. The van der Waals surface area contributed by atoms with Gasteiger partial charge in [-0.05, 0) is 36.4 Å². The zero-order valence-corrected chi connectivity index (χ0v) is 18.8. The molecule has 1 aromatic carbocycles. The predicted octanol–water partition coefficient (Wildman–Crippen LogP) is 3.69. The molecule has 0 radical (unpaired) electrons. The van der Waals surface area contributed by atoms with Gasteiger partial charge in [0, 0.05) is 37.0 Å². The number of aromatic nitrogens is 4. The summed E-state index contributed by atoms with van der Waals surface area (Å²) in [5, 5.41) is 8.28. The van der Waals surface area contributed by atoms with Gasteiger partial charge in [-0.2, -0.15) is 0 Å². The largest absolute Gasteiger partial charge is 0.293 e. The molecular formula is C21H17ClN4O3S2. The molecule has 3 heterocycles. The third-order valence-electron chi connectivity index (χ3n) is 4.60. The predicted molar refractivity (Wildman–Crippen MR) is 121 cm³/mol. The number of carbonyl (C=O) groups is 1. The normalized spacial score (nSPS) is 12.1. The molecule has 0 bridgehead atoms. The zero-order chi connectivity index (χ0) is 22.0. The second-order valence-electron chi connectivity index (χ2n) is 6.70. The second kappa shape index (κ2) is 9.09. The molecule has 0 N–H and O–H groups in total. The van der Waals surface area contributed by atoms with E-state index in [0.717, 1.165) is 0 Å². The van der Waals surface area contributed by atoms with Crippen LogP contribution in [0.2, 0.25) is 4.34 Å². The molecule has 4 aromatic rings. The first kappa shape index (κ1) is 21.4. The number of ketones is 1. The molecule has 1 unspecified atom stereocenters. The van der Waals surface area contributed by atoms with Gasteiger partial charge >= 0.3 is 0 Å². The van der Waals surface area contributed by atoms with Crippen LogP contribution in [0, 0.1) is 0 Å². The van der Waals surface area contributed by atoms with Gasteiger partial charge in [0.1, 0.15) is 0 Å². The van der Waals surface area contributed by atoms with Gasteiger partial charge < -0.3 is 0 Å². The van der Waals surface area contributed by atoms with Crippen LogP contribution < -0.4 is 5.56 Å². The maximum Gasteiger partial charge on any atom is 0.255 e. The fourth-order valence-electron chi connectivity index (χ4n) is 3.07. The van der Waals surface area contributed by atoms with Crippen LogP contribution in [0.25, 0.3) is 11.4 Å². The quantitative estimate of drug-likeness (QED) is 0.383. The van der Waals surface area contributed by atoms with Crippen molar-refractivity contribution in [3.63, 3.8) is 0 Å². The minimum Gasteiger partial charge on any atom is -0.293 e. The van der Waals surface area contributed by atoms with Crippen molar-refractivity contribution in [1.82, 2.24) is 19.6 Å². The van der Waals surface area contributed by atoms with E-state index in [2.05, 4.69) is 10.3 Å². The van der Waals surface area contributed by atoms with Gasteiger partial charge in [-0.15, -0.1) is 16.4 Å². The zero-order valence-electron chi connectivity index (χ0n) is 16.4. The highest BCUT2D eigenvalue weighted by atomic mass is 35.5. The summed E-state index contributed by atoms with van der Waals surface area (Å²) in [5.41, 5.74) is 1.68. The standard InChI is InChI=1S/C21H17ClN4O3S2/c1-31(29)19-12-15(25-11-3-2-4-21(25)28)6-7-16(19)26-13-14(23-24-26)5-8-17(27)18-9-10-20(22)30-18/h2-4,6-7,9-13H,5,8H2,1H3. The lowest BCUT2D eigenvalue weighted by molar-refractivity contribution is 0.0986. The molecule has 4 rings (SSSR count). The monoisotopic (exact) mass is 472 g/mol. The van der Waals surface area contributed by atoms with E-state index in [0.29, 0.717) is 37.6 Å². The summed E-state index contributed by atoms with van der Waals surface area (Å²) in [4.78, 5) is 25.5. The van der Waals surface area contributed by atoms with Crippen molar-refractivity contribution >= 4 is 39.5 Å². The van der Waals surface area contributed by atoms with E-state index < -0.39 is 10.8 Å². The Labute approximate surface area is 189 Å². The topological polar surface area (TPSA) is 86.9 Å². The molecule has 31 heavy (non-hydrogen) atoms. The molecule has 0 aliphatic carbocycles. The van der Waals surface area contributed by atoms with E-state index in [9.17, 15) is 13.8 Å². The second-order valence-corrected chi connectivity index (χ2v) is 9.76. The van der Waals surface area contributed by atoms with Crippen LogP contribution in [-0.2, 0) is 17.2 Å². The molecule has 0 saturated heterocycles. The van der Waals surface area contributed by atoms with Crippen LogP contribution in [-0.4, -0.2) is 35.8 Å². The Kier molecular flexibility index (Phi) is 6.26. The van der Waals surface area contributed by atoms with Gasteiger partial charge in [-0.1, -0.05) is 22.9 Å². The van der Waals surface area contributed by atoms with Crippen LogP contribution >= 0.6 is 22.9 Å². The highest BCUT2D eigenvalue weighted by Gasteiger charge is 2.14. The lowest BCUT2D eigenvalue weighted by atomic mass is 10.1. The van der Waals surface area contributed by atoms with Gasteiger partial charge in [0.15, 0.2) is 5.78 Å². The number of carbonyl (C=O) groups excluding carboxylic acids is 1. The number of hydrogen-bond donors (Lipinski definition) is 0. The minimum absolute atomic E-state index is 0.000503. The number of thiophene rings is 1. The molecule has 0 amide bonds. The highest BCUT2D eigenvalue weighted by Crippen LogP contribution is 2.24. The summed E-state index contributed by atoms with van der Waals surface area (Å²) in [6.45, 7) is 0. The summed E-state index contributed by atoms with van der Waals surface area (Å²) in [6, 6.07) is 13.5. The van der Waals surface area contributed by atoms with E-state index >= 15 is 0 Å². The molecule has 1 atom stereocenters. The van der Waals surface area contributed by atoms with Gasteiger partial charge in [0.05, 0.1) is 42.5 Å². The maximum absolute atomic E-state index is 12.4. The van der Waals surface area contributed by atoms with Crippen LogP contribution in [0.1, 0.15) is 21.8 Å². The number of aryl methyl sites for hydroxylation is 1. The van der Waals surface area contributed by atoms with Gasteiger partial charge in [0.25, 0.3) is 5.56 Å². The number of hydrogen-bond acceptors (Lipinski definition) is 6. The number of Topliss-reactive ketones (excluding diaryl/α,β-unsaturated/α-hetero) is 1. The van der Waals surface area contributed by atoms with Crippen molar-refractivity contribution in [2.75, 3.05) is 6.26 Å². The molecule has 0 aliphatic rings. The lowest BCUT2D eigenvalue weighted by Crippen LogP contribution is -2.16. The molecule has 158 valence electrons. The Morgan fingerprint density at radius 2 is 2.03 bits per heavy atom. The third kappa shape index (κ3) is 4.73. The van der Waals surface area contributed by atoms with E-state index in [1.165, 1.54) is 26.7 Å². The van der Waals surface area contributed by atoms with Crippen LogP contribution in [0.15, 0.2) is 70.6 Å². The van der Waals surface area contributed by atoms with E-state index in [1.54, 1.807) is 61.1 Å². The summed E-state index contributed by atoms with van der Waals surface area (Å²) >= 11 is 7.14. The number of halogens is 1. The van der Waals surface area contributed by atoms with E-state index in [4.69, 9.17) is 11.6 Å². The Morgan fingerprint density at radius 3 is 2.74 bits per heavy atom. The van der Waals surface area contributed by atoms with Crippen LogP contribution in [0.3, 0.4) is 0 Å². The lowest BCUT2D eigenvalue weighted by Gasteiger charge is -2.11. The average molecular weight is 473 g/mol. The molecule has 0 aliphatic heterocycles. The van der Waals surface area contributed by atoms with Crippen LogP contribution in [0.4, 0.5) is 0 Å². The average Bonchev–Trinajstić information content (AvgIpc) is 3.41. The number of rotatable bonds is 7. The fraction of sp³-hybridized carbons (Fsp3) is 0.143. The SMILES string of the molecule is CS(=O)c1cc(-n2ccccc2=O)ccc1-n1cc(CCC(=O)c2ccc(Cl)s2)nn1. The number of benzene rings is 1. The van der Waals surface area contributed by atoms with Crippen molar-refractivity contribution in [1.29, 1.82) is 0 Å². The molecular weight excluding hydrogens is 456 g/mol. The van der Waals surface area contributed by atoms with E-state index in [-0.39, 0.29) is 17.8 Å². The highest BCUT2D eigenvalue weighted by molar-refractivity contribution is 7.84. The van der Waals surface area contributed by atoms with Crippen molar-refractivity contribution in [3.8, 4) is 11.4 Å². The van der Waals surface area contributed by atoms with Gasteiger partial charge in [-0.3, -0.25) is 18.4 Å². The summed E-state index contributed by atoms with van der Waals surface area (Å²) in [5.74, 6) is -0.000503. The smallest absolute Gasteiger partial charge is 0.255 e. The first-order chi connectivity index (χ1) is 14.9. The third-order valence-corrected chi connectivity index (χ3v) is 6.82. The molecule has 3 aromatic heterocycles. The van der Waals surface area contributed by atoms with Crippen molar-refractivity contribution < 1.29 is 9.00 Å². The summed E-state index contributed by atoms with van der Waals surface area (Å²) in [6.07, 6.45) is 5.66. The Hall–Kier alpha value is -2.88. The van der Waals surface area contributed by atoms with Crippen molar-refractivity contribution in [2.24, 2.45) is 0 Å². The fourth-order valence-corrected chi connectivity index (χ4v) is 4.83. The minimum atomic E-state index is -1.33. The Bertz CT molecular complexity index is 1340. The Balaban J connectivity index is 1.58. The van der Waals surface area contributed by atoms with Crippen molar-refractivity contribution in [3.05, 3.63) is 86.2 Å². The molecule has 10 heteroatoms. The number of pyridine rings is 1. The Morgan fingerprint density at radius 1 is 1.19 bits per heavy atom. The summed E-state index contributed by atoms with van der Waals surface area (Å²) in [7, 11) is -1.33. The van der Waals surface area contributed by atoms with Crippen LogP contribution in [0.5, 0.6) is 0 Å². The molecule has 0 saturated carbocycles. The first-order valence-electron chi connectivity index (χ1n) is 9.28.